The Bertz CT molecular complexity index is 1910. The second-order valence-electron chi connectivity index (χ2n) is 11.7. The van der Waals surface area contributed by atoms with Crippen molar-refractivity contribution < 1.29 is 5.11 Å². The van der Waals surface area contributed by atoms with Crippen molar-refractivity contribution in [2.45, 2.75) is 45.4 Å². The SMILES string of the molecule is CCCCc1c2ccc([nH]2)c(-c2ccccc2)c2nc(c(CCCCO)c3nc(c(-c4ccccc4)c4ccc1[nH]4)C=C3)C=C2. The molecular weight excluding hydrogens is 552 g/mol. The number of hydrogen-bond donors (Lipinski definition) is 3. The number of nitrogens with one attached hydrogen (secondary N) is 2. The van der Waals surface area contributed by atoms with Gasteiger partial charge in [0.1, 0.15) is 0 Å². The quantitative estimate of drug-likeness (QED) is 0.147. The molecule has 7 rings (SSSR count). The molecule has 0 atom stereocenters. The molecule has 5 aromatic rings. The number of nitrogens with zero attached hydrogens (tertiary/aromatic N) is 2. The molecule has 3 aromatic heterocycles. The third kappa shape index (κ3) is 5.79. The second-order valence-corrected chi connectivity index (χ2v) is 11.7. The van der Waals surface area contributed by atoms with E-state index in [-0.39, 0.29) is 6.61 Å². The zero-order chi connectivity index (χ0) is 30.6. The predicted molar refractivity (Wildman–Crippen MR) is 188 cm³/mol. The van der Waals surface area contributed by atoms with Crippen LogP contribution >= 0.6 is 0 Å². The van der Waals surface area contributed by atoms with Crippen LogP contribution in [0.5, 0.6) is 0 Å². The standard InChI is InChI=1S/C40H38N4O/c1-2-3-16-29-31-18-22-35(41-31)39(27-12-6-4-7-13-27)37-24-20-33(43-37)30(17-10-11-26-45)34-21-25-38(44-34)40(28-14-8-5-9-15-28)36-23-19-32(29)42-36/h4-9,12-15,18-25,41-42,45H,2-3,10-11,16-17,26H2,1H3. The number of benzene rings is 2. The Morgan fingerprint density at radius 1 is 0.511 bits per heavy atom. The van der Waals surface area contributed by atoms with Gasteiger partial charge in [-0.1, -0.05) is 74.0 Å². The molecule has 8 bridgehead atoms. The van der Waals surface area contributed by atoms with E-state index in [0.717, 1.165) is 111 Å². The minimum absolute atomic E-state index is 0.173. The highest BCUT2D eigenvalue weighted by molar-refractivity contribution is 5.94. The normalized spacial score (nSPS) is 12.2. The van der Waals surface area contributed by atoms with Gasteiger partial charge in [0.05, 0.1) is 22.8 Å². The summed E-state index contributed by atoms with van der Waals surface area (Å²) < 4.78 is 0. The summed E-state index contributed by atoms with van der Waals surface area (Å²) in [5.41, 5.74) is 14.8. The number of aliphatic hydroxyl groups is 1. The van der Waals surface area contributed by atoms with Crippen molar-refractivity contribution >= 4 is 46.4 Å². The topological polar surface area (TPSA) is 77.6 Å². The number of rotatable bonds is 9. The monoisotopic (exact) mass is 590 g/mol. The fourth-order valence-electron chi connectivity index (χ4n) is 6.43. The van der Waals surface area contributed by atoms with Crippen LogP contribution in [0.4, 0.5) is 0 Å². The maximum atomic E-state index is 9.57. The molecule has 5 nitrogen and oxygen atoms in total. The van der Waals surface area contributed by atoms with Crippen LogP contribution in [0.1, 0.15) is 66.5 Å². The first-order valence-corrected chi connectivity index (χ1v) is 16.1. The molecule has 224 valence electrons. The van der Waals surface area contributed by atoms with Gasteiger partial charge >= 0.3 is 0 Å². The molecule has 3 N–H and O–H groups in total. The van der Waals surface area contributed by atoms with Crippen molar-refractivity contribution in [1.82, 2.24) is 19.9 Å². The van der Waals surface area contributed by atoms with E-state index in [4.69, 9.17) is 9.97 Å². The Morgan fingerprint density at radius 3 is 1.47 bits per heavy atom. The molecule has 0 saturated heterocycles. The maximum Gasteiger partial charge on any atom is 0.0737 e. The molecule has 2 aliphatic rings. The number of aliphatic hydroxyl groups excluding tert-OH is 1. The molecule has 2 aliphatic heterocycles. The smallest absolute Gasteiger partial charge is 0.0737 e. The van der Waals surface area contributed by atoms with Crippen LogP contribution < -0.4 is 0 Å². The highest BCUT2D eigenvalue weighted by atomic mass is 16.2. The molecule has 45 heavy (non-hydrogen) atoms. The van der Waals surface area contributed by atoms with E-state index in [1.807, 2.05) is 0 Å². The predicted octanol–water partition coefficient (Wildman–Crippen LogP) is 9.65. The minimum atomic E-state index is 0.173. The lowest BCUT2D eigenvalue weighted by Crippen LogP contribution is -1.96. The molecule has 5 heterocycles. The highest BCUT2D eigenvalue weighted by Gasteiger charge is 2.18. The van der Waals surface area contributed by atoms with Crippen LogP contribution in [0.15, 0.2) is 84.9 Å². The molecule has 0 saturated carbocycles. The number of aromatic nitrogens is 4. The summed E-state index contributed by atoms with van der Waals surface area (Å²) in [4.78, 5) is 18.2. The molecule has 0 aliphatic carbocycles. The number of fused-ring (bicyclic) bond motifs is 8. The fraction of sp³-hybridized carbons (Fsp3) is 0.200. The van der Waals surface area contributed by atoms with Crippen LogP contribution in [0.25, 0.3) is 68.6 Å². The maximum absolute atomic E-state index is 9.57. The van der Waals surface area contributed by atoms with Gasteiger partial charge in [-0.3, -0.25) is 0 Å². The Kier molecular flexibility index (Phi) is 8.26. The lowest BCUT2D eigenvalue weighted by atomic mass is 10.0. The van der Waals surface area contributed by atoms with E-state index in [1.165, 1.54) is 5.56 Å². The largest absolute Gasteiger partial charge is 0.396 e. The van der Waals surface area contributed by atoms with E-state index in [9.17, 15) is 5.11 Å². The summed E-state index contributed by atoms with van der Waals surface area (Å²) in [6.45, 7) is 2.41. The molecular formula is C40H38N4O. The highest BCUT2D eigenvalue weighted by Crippen LogP contribution is 2.34. The Morgan fingerprint density at radius 2 is 0.978 bits per heavy atom. The minimum Gasteiger partial charge on any atom is -0.396 e. The average molecular weight is 591 g/mol. The van der Waals surface area contributed by atoms with Crippen molar-refractivity contribution in [1.29, 1.82) is 0 Å². The first-order chi connectivity index (χ1) is 22.2. The van der Waals surface area contributed by atoms with Gasteiger partial charge in [-0.05, 0) is 97.4 Å². The molecule has 0 unspecified atom stereocenters. The van der Waals surface area contributed by atoms with Gasteiger partial charge in [0.25, 0.3) is 0 Å². The lowest BCUT2D eigenvalue weighted by molar-refractivity contribution is 0.284. The lowest BCUT2D eigenvalue weighted by Gasteiger charge is -2.06. The molecule has 2 aromatic carbocycles. The molecule has 0 amide bonds. The summed E-state index contributed by atoms with van der Waals surface area (Å²) in [5.74, 6) is 0. The van der Waals surface area contributed by atoms with E-state index in [0.29, 0.717) is 0 Å². The third-order valence-electron chi connectivity index (χ3n) is 8.71. The summed E-state index contributed by atoms with van der Waals surface area (Å²) in [7, 11) is 0. The Hall–Kier alpha value is -5.00. The summed E-state index contributed by atoms with van der Waals surface area (Å²) in [6, 6.07) is 29.8. The van der Waals surface area contributed by atoms with Crippen molar-refractivity contribution in [3.63, 3.8) is 0 Å². The summed E-state index contributed by atoms with van der Waals surface area (Å²) in [6.07, 6.45) is 14.1. The molecule has 0 spiro atoms. The van der Waals surface area contributed by atoms with Gasteiger partial charge < -0.3 is 15.1 Å². The van der Waals surface area contributed by atoms with Crippen LogP contribution in [-0.2, 0) is 12.8 Å². The molecule has 0 radical (unpaired) electrons. The van der Waals surface area contributed by atoms with Gasteiger partial charge in [0, 0.05) is 45.4 Å². The van der Waals surface area contributed by atoms with Crippen LogP contribution in [0.2, 0.25) is 0 Å². The van der Waals surface area contributed by atoms with E-state index in [1.54, 1.807) is 0 Å². The van der Waals surface area contributed by atoms with Crippen LogP contribution in [0, 0.1) is 0 Å². The van der Waals surface area contributed by atoms with Crippen molar-refractivity contribution in [2.24, 2.45) is 0 Å². The zero-order valence-electron chi connectivity index (χ0n) is 25.7. The second kappa shape index (κ2) is 12.9. The Labute approximate surface area is 264 Å². The Balaban J connectivity index is 1.62. The van der Waals surface area contributed by atoms with Gasteiger partial charge in [-0.25, -0.2) is 9.97 Å². The number of aryl methyl sites for hydroxylation is 1. The first kappa shape index (κ1) is 28.8. The van der Waals surface area contributed by atoms with E-state index >= 15 is 0 Å². The fourth-order valence-corrected chi connectivity index (χ4v) is 6.43. The van der Waals surface area contributed by atoms with Crippen LogP contribution in [-0.4, -0.2) is 31.6 Å². The summed E-state index contributed by atoms with van der Waals surface area (Å²) >= 11 is 0. The number of unbranched alkanes of at least 4 members (excludes halogenated alkanes) is 2. The zero-order valence-corrected chi connectivity index (χ0v) is 25.7. The van der Waals surface area contributed by atoms with Gasteiger partial charge in [-0.2, -0.15) is 0 Å². The van der Waals surface area contributed by atoms with Crippen molar-refractivity contribution in [3.05, 3.63) is 119 Å². The van der Waals surface area contributed by atoms with Gasteiger partial charge in [-0.15, -0.1) is 0 Å². The van der Waals surface area contributed by atoms with Gasteiger partial charge in [0.15, 0.2) is 0 Å². The van der Waals surface area contributed by atoms with E-state index < -0.39 is 0 Å². The van der Waals surface area contributed by atoms with Crippen molar-refractivity contribution in [3.8, 4) is 22.3 Å². The molecule has 0 fully saturated rings. The van der Waals surface area contributed by atoms with E-state index in [2.05, 4.69) is 126 Å². The number of hydrogen-bond acceptors (Lipinski definition) is 3. The third-order valence-corrected chi connectivity index (χ3v) is 8.71. The number of H-pyrrole nitrogens is 2. The molecule has 5 heteroatoms. The van der Waals surface area contributed by atoms with Crippen LogP contribution in [0.3, 0.4) is 0 Å². The first-order valence-electron chi connectivity index (χ1n) is 16.1. The number of aromatic amines is 2. The summed E-state index contributed by atoms with van der Waals surface area (Å²) in [5, 5.41) is 9.57. The average Bonchev–Trinajstić information content (AvgIpc) is 3.90. The van der Waals surface area contributed by atoms with Gasteiger partial charge in [0.2, 0.25) is 0 Å². The van der Waals surface area contributed by atoms with Crippen molar-refractivity contribution in [2.75, 3.05) is 6.61 Å².